The van der Waals surface area contributed by atoms with Gasteiger partial charge in [-0.15, -0.1) is 0 Å². The number of carbonyl (C=O) groups is 3. The highest BCUT2D eigenvalue weighted by molar-refractivity contribution is 5.82. The van der Waals surface area contributed by atoms with Gasteiger partial charge in [-0.2, -0.15) is 26.3 Å². The molecule has 0 unspecified atom stereocenters. The first kappa shape index (κ1) is 31.4. The van der Waals surface area contributed by atoms with E-state index in [0.717, 1.165) is 10.5 Å². The van der Waals surface area contributed by atoms with Crippen molar-refractivity contribution in [3.8, 4) is 0 Å². The van der Waals surface area contributed by atoms with Crippen molar-refractivity contribution >= 4 is 17.7 Å². The monoisotopic (exact) mass is 597 g/mol. The number of carbonyl (C=O) groups excluding carboxylic acids is 3. The molecule has 2 aliphatic heterocycles. The van der Waals surface area contributed by atoms with Gasteiger partial charge < -0.3 is 14.7 Å². The van der Waals surface area contributed by atoms with Gasteiger partial charge >= 0.3 is 12.4 Å². The SMILES string of the molecule is CC(=O)N1CCC(C(=O)N2CC[C@@H](C(=O)N(C)Cc3cc(C(F)(F)F)cc(C(F)(F)F)c3)[C@H](c3ccccc3)C2)CC1. The molecular formula is C30H33F6N3O3. The summed E-state index contributed by atoms with van der Waals surface area (Å²) in [6, 6.07) is 10.4. The molecule has 0 aliphatic carbocycles. The van der Waals surface area contributed by atoms with Crippen molar-refractivity contribution in [2.24, 2.45) is 11.8 Å². The summed E-state index contributed by atoms with van der Waals surface area (Å²) in [5.41, 5.74) is -2.34. The third kappa shape index (κ3) is 7.25. The van der Waals surface area contributed by atoms with Crippen LogP contribution in [0.2, 0.25) is 0 Å². The first-order chi connectivity index (χ1) is 19.6. The molecule has 228 valence electrons. The molecule has 0 bridgehead atoms. The molecule has 2 atom stereocenters. The average Bonchev–Trinajstić information content (AvgIpc) is 2.95. The van der Waals surface area contributed by atoms with Crippen molar-refractivity contribution < 1.29 is 40.7 Å². The Bertz CT molecular complexity index is 1260. The maximum absolute atomic E-state index is 13.7. The fourth-order valence-corrected chi connectivity index (χ4v) is 5.93. The Kier molecular flexibility index (Phi) is 9.22. The fourth-order valence-electron chi connectivity index (χ4n) is 5.93. The minimum Gasteiger partial charge on any atom is -0.343 e. The highest BCUT2D eigenvalue weighted by Gasteiger charge is 2.41. The largest absolute Gasteiger partial charge is 0.416 e. The normalized spacial score (nSPS) is 20.4. The molecule has 0 saturated carbocycles. The first-order valence-corrected chi connectivity index (χ1v) is 13.8. The van der Waals surface area contributed by atoms with Gasteiger partial charge in [-0.25, -0.2) is 0 Å². The maximum Gasteiger partial charge on any atom is 0.416 e. The lowest BCUT2D eigenvalue weighted by Crippen LogP contribution is -2.50. The third-order valence-corrected chi connectivity index (χ3v) is 8.20. The van der Waals surface area contributed by atoms with Crippen molar-refractivity contribution in [1.82, 2.24) is 14.7 Å². The van der Waals surface area contributed by atoms with Gasteiger partial charge in [0, 0.05) is 64.4 Å². The van der Waals surface area contributed by atoms with Gasteiger partial charge in [0.05, 0.1) is 11.1 Å². The fraction of sp³-hybridized carbons (Fsp3) is 0.500. The summed E-state index contributed by atoms with van der Waals surface area (Å²) in [6.07, 6.45) is -8.59. The zero-order chi connectivity index (χ0) is 30.8. The summed E-state index contributed by atoms with van der Waals surface area (Å²) in [5.74, 6) is -1.78. The van der Waals surface area contributed by atoms with Crippen LogP contribution in [0, 0.1) is 11.8 Å². The van der Waals surface area contributed by atoms with Crippen LogP contribution in [-0.4, -0.2) is 65.6 Å². The number of amides is 3. The predicted molar refractivity (Wildman–Crippen MR) is 142 cm³/mol. The number of benzene rings is 2. The molecule has 0 N–H and O–H groups in total. The van der Waals surface area contributed by atoms with Crippen LogP contribution in [0.15, 0.2) is 48.5 Å². The van der Waals surface area contributed by atoms with E-state index >= 15 is 0 Å². The molecule has 2 saturated heterocycles. The lowest BCUT2D eigenvalue weighted by Gasteiger charge is -2.41. The number of hydrogen-bond acceptors (Lipinski definition) is 3. The Morgan fingerprint density at radius 3 is 1.90 bits per heavy atom. The topological polar surface area (TPSA) is 60.9 Å². The van der Waals surface area contributed by atoms with E-state index in [9.17, 15) is 40.7 Å². The molecule has 12 heteroatoms. The molecule has 2 aromatic carbocycles. The van der Waals surface area contributed by atoms with Crippen LogP contribution in [0.5, 0.6) is 0 Å². The quantitative estimate of drug-likeness (QED) is 0.424. The van der Waals surface area contributed by atoms with Crippen LogP contribution < -0.4 is 0 Å². The molecule has 6 nitrogen and oxygen atoms in total. The number of piperidine rings is 2. The van der Waals surface area contributed by atoms with Crippen LogP contribution in [0.25, 0.3) is 0 Å². The highest BCUT2D eigenvalue weighted by atomic mass is 19.4. The molecule has 42 heavy (non-hydrogen) atoms. The standard InChI is InChI=1S/C30H33F6N3O3/c1-19(40)38-11-8-22(9-12-38)27(41)39-13-10-25(26(18-39)21-6-4-3-5-7-21)28(42)37(2)17-20-14-23(29(31,32)33)16-24(15-20)30(34,35)36/h3-7,14-16,22,25-26H,8-13,17-18H2,1-2H3/t25-,26+/m1/s1. The smallest absolute Gasteiger partial charge is 0.343 e. The van der Waals surface area contributed by atoms with Crippen molar-refractivity contribution in [2.75, 3.05) is 33.2 Å². The highest BCUT2D eigenvalue weighted by Crippen LogP contribution is 2.38. The van der Waals surface area contributed by atoms with Crippen molar-refractivity contribution in [2.45, 2.75) is 51.0 Å². The molecule has 0 aromatic heterocycles. The Morgan fingerprint density at radius 2 is 1.38 bits per heavy atom. The Labute approximate surface area is 240 Å². The number of nitrogens with zero attached hydrogens (tertiary/aromatic N) is 3. The molecule has 2 aliphatic rings. The predicted octanol–water partition coefficient (Wildman–Crippen LogP) is 5.57. The second kappa shape index (κ2) is 12.3. The van der Waals surface area contributed by atoms with Gasteiger partial charge in [0.15, 0.2) is 0 Å². The third-order valence-electron chi connectivity index (χ3n) is 8.20. The summed E-state index contributed by atoms with van der Waals surface area (Å²) in [5, 5.41) is 0. The van der Waals surface area contributed by atoms with E-state index < -0.39 is 47.8 Å². The van der Waals surface area contributed by atoms with E-state index in [1.54, 1.807) is 21.9 Å². The summed E-state index contributed by atoms with van der Waals surface area (Å²) in [6.45, 7) is 2.59. The van der Waals surface area contributed by atoms with E-state index in [0.29, 0.717) is 44.6 Å². The molecule has 2 aromatic rings. The van der Waals surface area contributed by atoms with Gasteiger partial charge in [0.1, 0.15) is 0 Å². The van der Waals surface area contributed by atoms with Gasteiger partial charge in [-0.1, -0.05) is 30.3 Å². The van der Waals surface area contributed by atoms with E-state index in [-0.39, 0.29) is 42.3 Å². The van der Waals surface area contributed by atoms with Crippen LogP contribution in [-0.2, 0) is 33.3 Å². The minimum absolute atomic E-state index is 0.0340. The maximum atomic E-state index is 13.7. The van der Waals surface area contributed by atoms with Crippen molar-refractivity contribution in [3.63, 3.8) is 0 Å². The molecule has 0 spiro atoms. The lowest BCUT2D eigenvalue weighted by molar-refractivity contribution is -0.145. The second-order valence-corrected chi connectivity index (χ2v) is 11.1. The number of rotatable bonds is 5. The minimum atomic E-state index is -4.99. The molecular weight excluding hydrogens is 564 g/mol. The number of alkyl halides is 6. The molecule has 2 heterocycles. The van der Waals surface area contributed by atoms with E-state index in [1.165, 1.54) is 14.0 Å². The summed E-state index contributed by atoms with van der Waals surface area (Å²) in [4.78, 5) is 43.4. The van der Waals surface area contributed by atoms with Crippen molar-refractivity contribution in [3.05, 3.63) is 70.8 Å². The lowest BCUT2D eigenvalue weighted by atomic mass is 9.79. The van der Waals surface area contributed by atoms with Gasteiger partial charge in [-0.3, -0.25) is 14.4 Å². The Balaban J connectivity index is 1.52. The molecule has 0 radical (unpaired) electrons. The van der Waals surface area contributed by atoms with Gasteiger partial charge in [0.25, 0.3) is 0 Å². The van der Waals surface area contributed by atoms with Crippen LogP contribution in [0.3, 0.4) is 0 Å². The summed E-state index contributed by atoms with van der Waals surface area (Å²) < 4.78 is 80.1. The van der Waals surface area contributed by atoms with Gasteiger partial charge in [-0.05, 0) is 48.6 Å². The Morgan fingerprint density at radius 1 is 0.833 bits per heavy atom. The second-order valence-electron chi connectivity index (χ2n) is 11.1. The molecule has 4 rings (SSSR count). The van der Waals surface area contributed by atoms with Gasteiger partial charge in [0.2, 0.25) is 17.7 Å². The average molecular weight is 598 g/mol. The van der Waals surface area contributed by atoms with Crippen LogP contribution in [0.1, 0.15) is 54.4 Å². The zero-order valence-electron chi connectivity index (χ0n) is 23.3. The van der Waals surface area contributed by atoms with E-state index in [1.807, 2.05) is 18.2 Å². The van der Waals surface area contributed by atoms with E-state index in [2.05, 4.69) is 0 Å². The first-order valence-electron chi connectivity index (χ1n) is 13.8. The zero-order valence-corrected chi connectivity index (χ0v) is 23.3. The Hall–Kier alpha value is -3.57. The number of halogens is 6. The number of likely N-dealkylation sites (tertiary alicyclic amines) is 2. The van der Waals surface area contributed by atoms with Crippen LogP contribution >= 0.6 is 0 Å². The molecule has 2 fully saturated rings. The number of hydrogen-bond donors (Lipinski definition) is 0. The molecule has 3 amide bonds. The van der Waals surface area contributed by atoms with E-state index in [4.69, 9.17) is 0 Å². The summed E-state index contributed by atoms with van der Waals surface area (Å²) in [7, 11) is 1.36. The summed E-state index contributed by atoms with van der Waals surface area (Å²) >= 11 is 0. The van der Waals surface area contributed by atoms with Crippen molar-refractivity contribution in [1.29, 1.82) is 0 Å². The van der Waals surface area contributed by atoms with Crippen LogP contribution in [0.4, 0.5) is 26.3 Å².